The molecule has 0 aromatic rings. The van der Waals surface area contributed by atoms with Gasteiger partial charge in [-0.1, -0.05) is 59.8 Å². The molecular formula is C21H35NO2S. The molecule has 1 heterocycles. The van der Waals surface area contributed by atoms with Crippen LogP contribution in [0.2, 0.25) is 0 Å². The first-order valence-corrected chi connectivity index (χ1v) is 11.3. The molecule has 1 saturated heterocycles. The number of nitrogens with zero attached hydrogens (tertiary/aromatic N) is 1. The summed E-state index contributed by atoms with van der Waals surface area (Å²) in [6.07, 6.45) is 11.0. The van der Waals surface area contributed by atoms with Crippen LogP contribution in [0.1, 0.15) is 73.6 Å². The monoisotopic (exact) mass is 365 g/mol. The summed E-state index contributed by atoms with van der Waals surface area (Å²) in [6.45, 7) is 14.2. The molecule has 3 unspecified atom stereocenters. The van der Waals surface area contributed by atoms with Crippen molar-refractivity contribution in [3.63, 3.8) is 0 Å². The van der Waals surface area contributed by atoms with E-state index in [0.717, 1.165) is 25.7 Å². The van der Waals surface area contributed by atoms with Crippen molar-refractivity contribution in [3.8, 4) is 0 Å². The minimum Gasteiger partial charge on any atom is -0.212 e. The highest BCUT2D eigenvalue weighted by atomic mass is 32.2. The zero-order valence-corrected chi connectivity index (χ0v) is 17.6. The SMILES string of the molecule is CCC(C)(C)C1=CCC(S(=O)(=O)N2CC3(C)CC2CC(C)(C)C3)C=C1. The maximum Gasteiger partial charge on any atom is 0.221 e. The standard InChI is InChI=1S/C21H35NO2S/c1-7-20(4,5)16-8-10-18(11-9-16)25(23,24)22-15-21(6)13-17(22)12-19(2,3)14-21/h8-10,17-18H,7,11-15H2,1-6H3. The smallest absolute Gasteiger partial charge is 0.212 e. The van der Waals surface area contributed by atoms with E-state index in [1.165, 1.54) is 5.57 Å². The molecule has 3 nitrogen and oxygen atoms in total. The third-order valence-electron chi connectivity index (χ3n) is 6.80. The largest absolute Gasteiger partial charge is 0.221 e. The van der Waals surface area contributed by atoms with Gasteiger partial charge in [0.05, 0.1) is 5.25 Å². The molecule has 2 aliphatic carbocycles. The van der Waals surface area contributed by atoms with E-state index in [4.69, 9.17) is 0 Å². The van der Waals surface area contributed by atoms with Crippen molar-refractivity contribution in [2.24, 2.45) is 16.2 Å². The zero-order valence-electron chi connectivity index (χ0n) is 16.8. The highest BCUT2D eigenvalue weighted by molar-refractivity contribution is 7.89. The average Bonchev–Trinajstić information content (AvgIpc) is 2.77. The Kier molecular flexibility index (Phi) is 4.56. The lowest BCUT2D eigenvalue weighted by Crippen LogP contribution is -2.42. The Hall–Kier alpha value is -0.610. The molecule has 2 bridgehead atoms. The van der Waals surface area contributed by atoms with Gasteiger partial charge in [0.1, 0.15) is 0 Å². The van der Waals surface area contributed by atoms with Crippen molar-refractivity contribution < 1.29 is 8.42 Å². The minimum atomic E-state index is -3.28. The van der Waals surface area contributed by atoms with Crippen LogP contribution in [0.3, 0.4) is 0 Å². The van der Waals surface area contributed by atoms with Gasteiger partial charge >= 0.3 is 0 Å². The predicted octanol–water partition coefficient (Wildman–Crippen LogP) is 4.91. The second kappa shape index (κ2) is 5.95. The van der Waals surface area contributed by atoms with Crippen LogP contribution >= 0.6 is 0 Å². The number of allylic oxidation sites excluding steroid dienone is 3. The summed E-state index contributed by atoms with van der Waals surface area (Å²) in [5, 5.41) is -0.394. The maximum atomic E-state index is 13.4. The molecule has 4 heteroatoms. The van der Waals surface area contributed by atoms with Crippen molar-refractivity contribution >= 4 is 10.0 Å². The molecule has 2 fully saturated rings. The van der Waals surface area contributed by atoms with Crippen LogP contribution < -0.4 is 0 Å². The first-order valence-electron chi connectivity index (χ1n) is 9.78. The Morgan fingerprint density at radius 1 is 1.24 bits per heavy atom. The molecule has 1 saturated carbocycles. The minimum absolute atomic E-state index is 0.118. The number of hydrogen-bond acceptors (Lipinski definition) is 2. The van der Waals surface area contributed by atoms with Gasteiger partial charge in [0.15, 0.2) is 0 Å². The summed E-state index contributed by atoms with van der Waals surface area (Å²) in [6, 6.07) is 0.185. The summed E-state index contributed by atoms with van der Waals surface area (Å²) in [4.78, 5) is 0. The summed E-state index contributed by atoms with van der Waals surface area (Å²) >= 11 is 0. The average molecular weight is 366 g/mol. The van der Waals surface area contributed by atoms with Crippen LogP contribution in [0.25, 0.3) is 0 Å². The fourth-order valence-electron chi connectivity index (χ4n) is 5.41. The Labute approximate surface area is 154 Å². The van der Waals surface area contributed by atoms with E-state index in [9.17, 15) is 8.42 Å². The van der Waals surface area contributed by atoms with E-state index < -0.39 is 15.3 Å². The molecule has 0 aromatic carbocycles. The number of rotatable bonds is 4. The quantitative estimate of drug-likeness (QED) is 0.710. The highest BCUT2D eigenvalue weighted by Gasteiger charge is 2.53. The second-order valence-electron chi connectivity index (χ2n) is 10.3. The van der Waals surface area contributed by atoms with Gasteiger partial charge in [-0.15, -0.1) is 0 Å². The summed E-state index contributed by atoms with van der Waals surface area (Å²) in [7, 11) is -3.28. The lowest BCUT2D eigenvalue weighted by atomic mass is 9.65. The van der Waals surface area contributed by atoms with E-state index >= 15 is 0 Å². The fourth-order valence-corrected chi connectivity index (χ4v) is 7.43. The predicted molar refractivity (Wildman–Crippen MR) is 105 cm³/mol. The van der Waals surface area contributed by atoms with Crippen molar-refractivity contribution in [2.75, 3.05) is 6.54 Å². The van der Waals surface area contributed by atoms with Gasteiger partial charge < -0.3 is 0 Å². The van der Waals surface area contributed by atoms with Gasteiger partial charge in [0.2, 0.25) is 10.0 Å². The molecule has 3 atom stereocenters. The number of fused-ring (bicyclic) bond motifs is 2. The van der Waals surface area contributed by atoms with Gasteiger partial charge in [-0.2, -0.15) is 4.31 Å². The van der Waals surface area contributed by atoms with Crippen LogP contribution in [0.15, 0.2) is 23.8 Å². The van der Waals surface area contributed by atoms with Crippen LogP contribution in [0.5, 0.6) is 0 Å². The van der Waals surface area contributed by atoms with Gasteiger partial charge in [0.25, 0.3) is 0 Å². The fraction of sp³-hybridized carbons (Fsp3) is 0.810. The maximum absolute atomic E-state index is 13.4. The van der Waals surface area contributed by atoms with E-state index in [2.05, 4.69) is 53.7 Å². The Morgan fingerprint density at radius 3 is 2.48 bits per heavy atom. The van der Waals surface area contributed by atoms with Gasteiger partial charge in [-0.3, -0.25) is 0 Å². The Balaban J connectivity index is 1.80. The van der Waals surface area contributed by atoms with Crippen LogP contribution in [0, 0.1) is 16.2 Å². The molecule has 0 N–H and O–H groups in total. The summed E-state index contributed by atoms with van der Waals surface area (Å²) < 4.78 is 28.6. The molecule has 3 rings (SSSR count). The van der Waals surface area contributed by atoms with Gasteiger partial charge in [-0.05, 0) is 53.9 Å². The Morgan fingerprint density at radius 2 is 1.92 bits per heavy atom. The topological polar surface area (TPSA) is 37.4 Å². The molecule has 3 aliphatic rings. The third kappa shape index (κ3) is 3.49. The normalized spacial score (nSPS) is 35.7. The van der Waals surface area contributed by atoms with Crippen molar-refractivity contribution in [1.82, 2.24) is 4.31 Å². The van der Waals surface area contributed by atoms with Crippen molar-refractivity contribution in [3.05, 3.63) is 23.8 Å². The van der Waals surface area contributed by atoms with Crippen LogP contribution in [-0.2, 0) is 10.0 Å². The molecule has 0 radical (unpaired) electrons. The molecule has 142 valence electrons. The molecule has 0 amide bonds. The summed E-state index contributed by atoms with van der Waals surface area (Å²) in [5.74, 6) is 0. The molecular weight excluding hydrogens is 330 g/mol. The van der Waals surface area contributed by atoms with E-state index in [0.29, 0.717) is 13.0 Å². The zero-order chi connectivity index (χ0) is 18.7. The van der Waals surface area contributed by atoms with Crippen LogP contribution in [0.4, 0.5) is 0 Å². The van der Waals surface area contributed by atoms with Gasteiger partial charge in [-0.25, -0.2) is 8.42 Å². The molecule has 0 spiro atoms. The third-order valence-corrected chi connectivity index (χ3v) is 9.00. The lowest BCUT2D eigenvalue weighted by molar-refractivity contribution is 0.133. The molecule has 0 aromatic heterocycles. The van der Waals surface area contributed by atoms with Crippen molar-refractivity contribution in [2.45, 2.75) is 84.9 Å². The molecule has 1 aliphatic heterocycles. The number of hydrogen-bond donors (Lipinski definition) is 0. The number of sulfonamides is 1. The highest BCUT2D eigenvalue weighted by Crippen LogP contribution is 2.53. The molecule has 25 heavy (non-hydrogen) atoms. The first kappa shape index (κ1) is 19.2. The van der Waals surface area contributed by atoms with Gasteiger partial charge in [0, 0.05) is 12.6 Å². The van der Waals surface area contributed by atoms with Crippen molar-refractivity contribution in [1.29, 1.82) is 0 Å². The van der Waals surface area contributed by atoms with Crippen LogP contribution in [-0.4, -0.2) is 30.6 Å². The van der Waals surface area contributed by atoms with E-state index in [1.807, 2.05) is 10.4 Å². The Bertz CT molecular complexity index is 701. The van der Waals surface area contributed by atoms with E-state index in [-0.39, 0.29) is 22.3 Å². The lowest BCUT2D eigenvalue weighted by Gasteiger charge is -2.39. The summed E-state index contributed by atoms with van der Waals surface area (Å²) in [5.41, 5.74) is 1.77. The first-order chi connectivity index (χ1) is 11.4. The second-order valence-corrected chi connectivity index (χ2v) is 12.4. The van der Waals surface area contributed by atoms with E-state index in [1.54, 1.807) is 0 Å².